The SMILES string of the molecule is O=S(=O)(O)OCCS(=O)(=O)c1ccc(N=Nc2c(S(=O)(=O)O)cc3cc(S(=O)(=O)O)cc(Nc4nc(Cl)nc(Nc5cccc(S(=O)(=O)O)c5)n4)c3c2O)cc1. The topological polar surface area (TPSA) is 369 Å². The summed E-state index contributed by atoms with van der Waals surface area (Å²) in [4.78, 5) is 8.95. The van der Waals surface area contributed by atoms with E-state index in [0.29, 0.717) is 6.07 Å². The van der Waals surface area contributed by atoms with Crippen molar-refractivity contribution in [3.63, 3.8) is 0 Å². The number of halogens is 1. The zero-order valence-corrected chi connectivity index (χ0v) is 32.0. The van der Waals surface area contributed by atoms with Crippen molar-refractivity contribution >= 4 is 108 Å². The van der Waals surface area contributed by atoms with Gasteiger partial charge < -0.3 is 15.7 Å². The van der Waals surface area contributed by atoms with Crippen LogP contribution in [0.2, 0.25) is 5.28 Å². The Balaban J connectivity index is 1.58. The molecule has 1 aromatic heterocycles. The number of nitrogens with one attached hydrogen (secondary N) is 2. The van der Waals surface area contributed by atoms with Gasteiger partial charge in [0.25, 0.3) is 30.4 Å². The van der Waals surface area contributed by atoms with Crippen LogP contribution >= 0.6 is 11.6 Å². The average Bonchev–Trinajstić information content (AvgIpc) is 3.05. The van der Waals surface area contributed by atoms with Gasteiger partial charge >= 0.3 is 10.4 Å². The normalized spacial score (nSPS) is 12.9. The van der Waals surface area contributed by atoms with Gasteiger partial charge in [0.15, 0.2) is 15.6 Å². The lowest BCUT2D eigenvalue weighted by molar-refractivity contribution is 0.284. The second-order valence-electron chi connectivity index (χ2n) is 10.9. The van der Waals surface area contributed by atoms with Crippen molar-refractivity contribution in [1.82, 2.24) is 15.0 Å². The maximum Gasteiger partial charge on any atom is 0.397 e. The van der Waals surface area contributed by atoms with Crippen molar-refractivity contribution in [2.75, 3.05) is 23.0 Å². The van der Waals surface area contributed by atoms with E-state index in [4.69, 9.17) is 16.2 Å². The fourth-order valence-electron chi connectivity index (χ4n) is 4.64. The molecule has 29 heteroatoms. The van der Waals surface area contributed by atoms with E-state index in [1.807, 2.05) is 0 Å². The van der Waals surface area contributed by atoms with Gasteiger partial charge in [-0.1, -0.05) is 6.07 Å². The van der Waals surface area contributed by atoms with Gasteiger partial charge in [-0.2, -0.15) is 53.7 Å². The summed E-state index contributed by atoms with van der Waals surface area (Å²) < 4.78 is 161. The summed E-state index contributed by atoms with van der Waals surface area (Å²) in [6.07, 6.45) is 0. The number of hydrogen-bond donors (Lipinski definition) is 7. The summed E-state index contributed by atoms with van der Waals surface area (Å²) in [6.45, 7) is -0.905. The number of phenolic OH excluding ortho intramolecular Hbond substituents is 1. The van der Waals surface area contributed by atoms with Crippen molar-refractivity contribution in [1.29, 1.82) is 0 Å². The van der Waals surface area contributed by atoms with Crippen LogP contribution in [0.4, 0.5) is 34.6 Å². The number of nitrogens with zero attached hydrogens (tertiary/aromatic N) is 5. The van der Waals surface area contributed by atoms with Crippen LogP contribution in [0.15, 0.2) is 96.5 Å². The molecule has 23 nitrogen and oxygen atoms in total. The lowest BCUT2D eigenvalue weighted by Crippen LogP contribution is -2.15. The molecule has 0 spiro atoms. The minimum absolute atomic E-state index is 0.0408. The van der Waals surface area contributed by atoms with Crippen LogP contribution < -0.4 is 10.6 Å². The zero-order valence-electron chi connectivity index (χ0n) is 27.1. The molecule has 0 unspecified atom stereocenters. The van der Waals surface area contributed by atoms with Crippen LogP contribution in [0.5, 0.6) is 5.75 Å². The van der Waals surface area contributed by atoms with E-state index in [0.717, 1.165) is 48.5 Å². The van der Waals surface area contributed by atoms with Gasteiger partial charge in [0.1, 0.15) is 10.6 Å². The molecule has 0 aliphatic heterocycles. The molecule has 0 saturated carbocycles. The van der Waals surface area contributed by atoms with Crippen LogP contribution in [0.25, 0.3) is 10.8 Å². The molecule has 4 aromatic carbocycles. The number of aromatic nitrogens is 3. The first-order valence-corrected chi connectivity index (χ1v) is 22.2. The number of rotatable bonds is 14. The van der Waals surface area contributed by atoms with Crippen molar-refractivity contribution in [2.45, 2.75) is 19.6 Å². The number of hydrogen-bond acceptors (Lipinski definition) is 19. The third kappa shape index (κ3) is 10.4. The molecule has 0 saturated heterocycles. The Morgan fingerprint density at radius 2 is 1.30 bits per heavy atom. The van der Waals surface area contributed by atoms with E-state index in [1.54, 1.807) is 0 Å². The Labute approximate surface area is 321 Å². The smallest absolute Gasteiger partial charge is 0.397 e. The minimum Gasteiger partial charge on any atom is -0.505 e. The summed E-state index contributed by atoms with van der Waals surface area (Å²) in [5.41, 5.74) is -1.48. The third-order valence-electron chi connectivity index (χ3n) is 6.99. The standard InChI is InChI=1S/C27H22ClN7O16S5/c28-25-31-26(29-16-2-1-3-18(12-16)53(39,40)41)33-27(32-25)30-20-13-19(54(42,43)44)10-14-11-21(55(45,46)47)23(24(36)22(14)20)35-34-15-4-6-17(7-5-15)52(37,38)9-8-51-56(48,49)50/h1-7,10-13,36H,8-9H2,(H,39,40,41)(H,42,43,44)(H,45,46,47)(H,48,49,50)(H2,29,30,31,32,33). The summed E-state index contributed by atoms with van der Waals surface area (Å²) in [6, 6.07) is 11.1. The van der Waals surface area contributed by atoms with Crippen molar-refractivity contribution in [2.24, 2.45) is 10.2 Å². The van der Waals surface area contributed by atoms with E-state index in [1.165, 1.54) is 12.1 Å². The molecule has 0 aliphatic carbocycles. The first-order valence-electron chi connectivity index (χ1n) is 14.5. The Bertz CT molecular complexity index is 2990. The summed E-state index contributed by atoms with van der Waals surface area (Å²) in [7, 11) is -24.0. The number of azo groups is 1. The van der Waals surface area contributed by atoms with Crippen LogP contribution in [0.3, 0.4) is 0 Å². The number of anilines is 4. The van der Waals surface area contributed by atoms with Crippen molar-refractivity contribution in [3.8, 4) is 5.75 Å². The second-order valence-corrected chi connectivity index (χ2v) is 18.6. The Kier molecular flexibility index (Phi) is 11.7. The second kappa shape index (κ2) is 15.5. The monoisotopic (exact) mass is 895 g/mol. The molecule has 298 valence electrons. The first kappa shape index (κ1) is 42.1. The third-order valence-corrected chi connectivity index (χ3v) is 11.9. The fraction of sp³-hybridized carbons (Fsp3) is 0.0741. The highest BCUT2D eigenvalue weighted by molar-refractivity contribution is 7.91. The van der Waals surface area contributed by atoms with Gasteiger partial charge in [-0.15, -0.1) is 5.11 Å². The molecule has 56 heavy (non-hydrogen) atoms. The van der Waals surface area contributed by atoms with Crippen LogP contribution in [-0.4, -0.2) is 92.7 Å². The molecule has 0 radical (unpaired) electrons. The van der Waals surface area contributed by atoms with Gasteiger partial charge in [-0.25, -0.2) is 12.6 Å². The first-order chi connectivity index (χ1) is 25.8. The highest BCUT2D eigenvalue weighted by Gasteiger charge is 2.26. The zero-order chi connectivity index (χ0) is 41.4. The van der Waals surface area contributed by atoms with Gasteiger partial charge in [-0.3, -0.25) is 18.2 Å². The van der Waals surface area contributed by atoms with E-state index in [9.17, 15) is 60.9 Å². The predicted molar refractivity (Wildman–Crippen MR) is 193 cm³/mol. The van der Waals surface area contributed by atoms with E-state index >= 15 is 0 Å². The van der Waals surface area contributed by atoms with Crippen LogP contribution in [0, 0.1) is 0 Å². The highest BCUT2D eigenvalue weighted by Crippen LogP contribution is 2.45. The molecular weight excluding hydrogens is 874 g/mol. The van der Waals surface area contributed by atoms with E-state index < -0.39 is 117 Å². The Morgan fingerprint density at radius 1 is 0.679 bits per heavy atom. The fourth-order valence-corrected chi connectivity index (χ4v) is 8.02. The van der Waals surface area contributed by atoms with Gasteiger partial charge in [0, 0.05) is 11.1 Å². The summed E-state index contributed by atoms with van der Waals surface area (Å²) in [5, 5.41) is 22.7. The van der Waals surface area contributed by atoms with Crippen LogP contribution in [0.1, 0.15) is 0 Å². The van der Waals surface area contributed by atoms with E-state index in [2.05, 4.69) is 40.0 Å². The Hall–Kier alpha value is -5.01. The van der Waals surface area contributed by atoms with Crippen molar-refractivity contribution < 1.29 is 69.6 Å². The van der Waals surface area contributed by atoms with Gasteiger partial charge in [0.05, 0.1) is 38.4 Å². The molecule has 0 aliphatic rings. The molecule has 0 bridgehead atoms. The molecule has 0 atom stereocenters. The maximum absolute atomic E-state index is 12.5. The molecule has 7 N–H and O–H groups in total. The maximum atomic E-state index is 12.5. The predicted octanol–water partition coefficient (Wildman–Crippen LogP) is 3.62. The number of phenols is 1. The average molecular weight is 896 g/mol. The number of sulfone groups is 1. The Morgan fingerprint density at radius 3 is 1.89 bits per heavy atom. The largest absolute Gasteiger partial charge is 0.505 e. The van der Waals surface area contributed by atoms with Crippen LogP contribution in [-0.2, 0) is 54.8 Å². The minimum atomic E-state index is -5.28. The van der Waals surface area contributed by atoms with Gasteiger partial charge in [-0.05, 0) is 77.7 Å². The number of benzene rings is 4. The summed E-state index contributed by atoms with van der Waals surface area (Å²) >= 11 is 6.05. The molecule has 0 amide bonds. The quantitative estimate of drug-likeness (QED) is 0.0618. The highest BCUT2D eigenvalue weighted by atomic mass is 35.5. The molecule has 5 aromatic rings. The number of fused-ring (bicyclic) bond motifs is 1. The van der Waals surface area contributed by atoms with E-state index in [-0.39, 0.29) is 22.2 Å². The number of aromatic hydroxyl groups is 1. The molecule has 1 heterocycles. The lowest BCUT2D eigenvalue weighted by atomic mass is 10.1. The summed E-state index contributed by atoms with van der Waals surface area (Å²) in [5.74, 6) is -2.73. The lowest BCUT2D eigenvalue weighted by Gasteiger charge is -2.15. The van der Waals surface area contributed by atoms with Gasteiger partial charge in [0.2, 0.25) is 17.2 Å². The molecule has 0 fully saturated rings. The molecular formula is C27H22ClN7O16S5. The van der Waals surface area contributed by atoms with Crippen molar-refractivity contribution in [3.05, 3.63) is 72.0 Å². The molecule has 5 rings (SSSR count).